The molecule has 1 fully saturated rings. The number of sulfonamides is 1. The lowest BCUT2D eigenvalue weighted by Crippen LogP contribution is -2.29. The highest BCUT2D eigenvalue weighted by Gasteiger charge is 2.32. The van der Waals surface area contributed by atoms with Crippen LogP contribution in [0.2, 0.25) is 0 Å². The average Bonchev–Trinajstić information content (AvgIpc) is 2.75. The van der Waals surface area contributed by atoms with Crippen molar-refractivity contribution in [3.63, 3.8) is 0 Å². The number of aromatic nitrogens is 3. The van der Waals surface area contributed by atoms with Crippen molar-refractivity contribution in [2.45, 2.75) is 17.9 Å². The van der Waals surface area contributed by atoms with Gasteiger partial charge in [-0.2, -0.15) is 4.31 Å². The molecule has 0 spiro atoms. The first-order valence-corrected chi connectivity index (χ1v) is 6.82. The summed E-state index contributed by atoms with van der Waals surface area (Å²) in [7, 11) is -1.86. The normalized spacial score (nSPS) is 18.5. The molecular formula is C7H11BrN4O2S. The quantitative estimate of drug-likeness (QED) is 0.790. The van der Waals surface area contributed by atoms with E-state index in [-0.39, 0.29) is 9.63 Å². The number of hydrogen-bond donors (Lipinski definition) is 0. The number of rotatable bonds is 2. The standard InChI is InChI=1S/C7H11BrN4O2S/c1-11-7(6(8)9-10-11)15(13,14)12-4-2-3-5-12/h2-5H2,1H3. The molecular weight excluding hydrogens is 284 g/mol. The third kappa shape index (κ3) is 1.81. The molecule has 0 bridgehead atoms. The summed E-state index contributed by atoms with van der Waals surface area (Å²) in [6.45, 7) is 1.17. The Hall–Kier alpha value is -0.470. The third-order valence-corrected chi connectivity index (χ3v) is 5.17. The predicted octanol–water partition coefficient (Wildman–Crippen LogP) is 0.362. The van der Waals surface area contributed by atoms with Crippen LogP contribution in [-0.4, -0.2) is 40.8 Å². The van der Waals surface area contributed by atoms with Crippen LogP contribution in [-0.2, 0) is 17.1 Å². The van der Waals surface area contributed by atoms with Crippen LogP contribution in [0.25, 0.3) is 0 Å². The number of halogens is 1. The Morgan fingerprint density at radius 1 is 1.33 bits per heavy atom. The van der Waals surface area contributed by atoms with E-state index in [9.17, 15) is 8.42 Å². The van der Waals surface area contributed by atoms with Crippen LogP contribution in [0.4, 0.5) is 0 Å². The van der Waals surface area contributed by atoms with E-state index in [1.807, 2.05) is 0 Å². The van der Waals surface area contributed by atoms with E-state index in [4.69, 9.17) is 0 Å². The molecule has 0 radical (unpaired) electrons. The monoisotopic (exact) mass is 294 g/mol. The van der Waals surface area contributed by atoms with Crippen molar-refractivity contribution >= 4 is 26.0 Å². The summed E-state index contributed by atoms with van der Waals surface area (Å²) < 4.78 is 27.3. The van der Waals surface area contributed by atoms with E-state index in [0.29, 0.717) is 13.1 Å². The zero-order chi connectivity index (χ0) is 11.1. The van der Waals surface area contributed by atoms with Crippen LogP contribution in [0.5, 0.6) is 0 Å². The molecule has 15 heavy (non-hydrogen) atoms. The van der Waals surface area contributed by atoms with E-state index in [2.05, 4.69) is 26.2 Å². The lowest BCUT2D eigenvalue weighted by atomic mass is 10.4. The Kier molecular flexibility index (Phi) is 2.82. The summed E-state index contributed by atoms with van der Waals surface area (Å²) in [5.74, 6) is 0. The maximum absolute atomic E-state index is 12.1. The summed E-state index contributed by atoms with van der Waals surface area (Å²) >= 11 is 3.10. The first-order valence-electron chi connectivity index (χ1n) is 4.59. The van der Waals surface area contributed by atoms with Gasteiger partial charge in [-0.1, -0.05) is 5.21 Å². The molecule has 2 rings (SSSR count). The molecule has 6 nitrogen and oxygen atoms in total. The van der Waals surface area contributed by atoms with Gasteiger partial charge in [-0.3, -0.25) is 0 Å². The molecule has 0 aliphatic carbocycles. The molecule has 1 saturated heterocycles. The zero-order valence-electron chi connectivity index (χ0n) is 8.22. The lowest BCUT2D eigenvalue weighted by Gasteiger charge is -2.14. The van der Waals surface area contributed by atoms with E-state index < -0.39 is 10.0 Å². The van der Waals surface area contributed by atoms with Gasteiger partial charge in [0.25, 0.3) is 10.0 Å². The maximum Gasteiger partial charge on any atom is 0.263 e. The molecule has 0 saturated carbocycles. The second-order valence-corrected chi connectivity index (χ2v) is 6.02. The second kappa shape index (κ2) is 3.84. The Morgan fingerprint density at radius 2 is 1.93 bits per heavy atom. The van der Waals surface area contributed by atoms with Gasteiger partial charge < -0.3 is 0 Å². The first-order chi connectivity index (χ1) is 7.03. The van der Waals surface area contributed by atoms with Crippen molar-refractivity contribution in [3.8, 4) is 0 Å². The molecule has 1 aromatic rings. The third-order valence-electron chi connectivity index (χ3n) is 2.39. The van der Waals surface area contributed by atoms with Crippen LogP contribution < -0.4 is 0 Å². The number of hydrogen-bond acceptors (Lipinski definition) is 4. The van der Waals surface area contributed by atoms with Crippen molar-refractivity contribution in [2.75, 3.05) is 13.1 Å². The molecule has 1 aromatic heterocycles. The fourth-order valence-electron chi connectivity index (χ4n) is 1.65. The van der Waals surface area contributed by atoms with Crippen molar-refractivity contribution in [1.29, 1.82) is 0 Å². The van der Waals surface area contributed by atoms with Gasteiger partial charge in [0.2, 0.25) is 5.03 Å². The van der Waals surface area contributed by atoms with Crippen molar-refractivity contribution in [3.05, 3.63) is 4.60 Å². The molecule has 84 valence electrons. The van der Waals surface area contributed by atoms with Crippen LogP contribution >= 0.6 is 15.9 Å². The number of nitrogens with zero attached hydrogens (tertiary/aromatic N) is 4. The van der Waals surface area contributed by atoms with Gasteiger partial charge in [-0.15, -0.1) is 5.10 Å². The van der Waals surface area contributed by atoms with E-state index in [0.717, 1.165) is 12.8 Å². The van der Waals surface area contributed by atoms with E-state index >= 15 is 0 Å². The van der Waals surface area contributed by atoms with E-state index in [1.165, 1.54) is 8.99 Å². The Balaban J connectivity index is 2.45. The van der Waals surface area contributed by atoms with Gasteiger partial charge >= 0.3 is 0 Å². The summed E-state index contributed by atoms with van der Waals surface area (Å²) in [6, 6.07) is 0. The van der Waals surface area contributed by atoms with Gasteiger partial charge in [-0.25, -0.2) is 13.1 Å². The second-order valence-electron chi connectivity index (χ2n) is 3.42. The van der Waals surface area contributed by atoms with E-state index in [1.54, 1.807) is 7.05 Å². The minimum Gasteiger partial charge on any atom is -0.235 e. The van der Waals surface area contributed by atoms with Gasteiger partial charge in [0.15, 0.2) is 4.60 Å². The minimum atomic E-state index is -3.43. The van der Waals surface area contributed by atoms with Crippen LogP contribution in [0.3, 0.4) is 0 Å². The topological polar surface area (TPSA) is 68.1 Å². The van der Waals surface area contributed by atoms with Gasteiger partial charge in [0, 0.05) is 20.1 Å². The minimum absolute atomic E-state index is 0.129. The smallest absolute Gasteiger partial charge is 0.235 e. The maximum atomic E-state index is 12.1. The fourth-order valence-corrected chi connectivity index (χ4v) is 4.20. The molecule has 0 amide bonds. The molecule has 0 unspecified atom stereocenters. The average molecular weight is 295 g/mol. The highest BCUT2D eigenvalue weighted by atomic mass is 79.9. The van der Waals surface area contributed by atoms with Crippen molar-refractivity contribution in [2.24, 2.45) is 7.05 Å². The van der Waals surface area contributed by atoms with Gasteiger partial charge in [0.05, 0.1) is 0 Å². The summed E-state index contributed by atoms with van der Waals surface area (Å²) in [5.41, 5.74) is 0. The Bertz CT molecular complexity index is 444. The molecule has 0 N–H and O–H groups in total. The SMILES string of the molecule is Cn1nnc(Br)c1S(=O)(=O)N1CCCC1. The molecule has 1 aliphatic rings. The van der Waals surface area contributed by atoms with Gasteiger partial charge in [0.1, 0.15) is 0 Å². The predicted molar refractivity (Wildman–Crippen MR) is 56.7 cm³/mol. The number of aryl methyl sites for hydroxylation is 1. The Labute approximate surface area is 96.4 Å². The van der Waals surface area contributed by atoms with Crippen LogP contribution in [0.15, 0.2) is 9.63 Å². The molecule has 0 atom stereocenters. The summed E-state index contributed by atoms with van der Waals surface area (Å²) in [6.07, 6.45) is 1.84. The molecule has 2 heterocycles. The highest BCUT2D eigenvalue weighted by molar-refractivity contribution is 9.10. The lowest BCUT2D eigenvalue weighted by molar-refractivity contribution is 0.466. The zero-order valence-corrected chi connectivity index (χ0v) is 10.6. The highest BCUT2D eigenvalue weighted by Crippen LogP contribution is 2.24. The summed E-state index contributed by atoms with van der Waals surface area (Å²) in [4.78, 5) is 0. The Morgan fingerprint density at radius 3 is 2.40 bits per heavy atom. The van der Waals surface area contributed by atoms with Crippen molar-refractivity contribution < 1.29 is 8.42 Å². The van der Waals surface area contributed by atoms with Crippen LogP contribution in [0, 0.1) is 0 Å². The molecule has 1 aliphatic heterocycles. The molecule has 0 aromatic carbocycles. The molecule has 8 heteroatoms. The fraction of sp³-hybridized carbons (Fsp3) is 0.714. The largest absolute Gasteiger partial charge is 0.263 e. The summed E-state index contributed by atoms with van der Waals surface area (Å²) in [5, 5.41) is 7.47. The van der Waals surface area contributed by atoms with Crippen LogP contribution in [0.1, 0.15) is 12.8 Å². The first kappa shape index (κ1) is 11.0. The van der Waals surface area contributed by atoms with Gasteiger partial charge in [-0.05, 0) is 28.8 Å². The van der Waals surface area contributed by atoms with Crippen molar-refractivity contribution in [1.82, 2.24) is 19.3 Å².